The van der Waals surface area contributed by atoms with E-state index in [1.165, 1.54) is 39.4 Å². The predicted molar refractivity (Wildman–Crippen MR) is 228 cm³/mol. The van der Waals surface area contributed by atoms with Crippen LogP contribution < -0.4 is 10.2 Å². The molecule has 2 aliphatic heterocycles. The topological polar surface area (TPSA) is 93.0 Å². The molecule has 2 aromatic rings. The van der Waals surface area contributed by atoms with Crippen LogP contribution in [0.25, 0.3) is 0 Å². The van der Waals surface area contributed by atoms with Crippen molar-refractivity contribution in [2.45, 2.75) is 117 Å². The van der Waals surface area contributed by atoms with Gasteiger partial charge in [-0.15, -0.1) is 0 Å². The summed E-state index contributed by atoms with van der Waals surface area (Å²) in [5, 5.41) is 3.83. The molecular formula is C46H65N4O4S+. The van der Waals surface area contributed by atoms with Gasteiger partial charge in [-0.2, -0.15) is 13.0 Å². The van der Waals surface area contributed by atoms with E-state index < -0.39 is 10.1 Å². The molecule has 0 aromatic heterocycles. The molecule has 0 bridgehead atoms. The average molecular weight is 770 g/mol. The fourth-order valence-corrected chi connectivity index (χ4v) is 9.24. The number of fused-ring (bicyclic) bond motifs is 2. The zero-order valence-corrected chi connectivity index (χ0v) is 35.3. The van der Waals surface area contributed by atoms with E-state index in [4.69, 9.17) is 0 Å². The number of allylic oxidation sites excluding steroid dienone is 7. The van der Waals surface area contributed by atoms with Crippen LogP contribution >= 0.6 is 0 Å². The lowest BCUT2D eigenvalue weighted by Gasteiger charge is -2.28. The molecule has 0 unspecified atom stereocenters. The van der Waals surface area contributed by atoms with Gasteiger partial charge in [-0.3, -0.25) is 9.35 Å². The quantitative estimate of drug-likeness (QED) is 0.0892. The molecule has 2 heterocycles. The first-order valence-electron chi connectivity index (χ1n) is 20.7. The fourth-order valence-electron chi connectivity index (χ4n) is 8.67. The standard InChI is InChI=1S/C46H64N4O4S/c1-8-11-32-49-39-24-14-12-22-37(39)45(4,5)41(49)29-27-35-20-18-21-36(44(35)47-31-19-26-43(51)48(9-2)10-3)28-30-42-46(6,7)38-23-13-15-25-40(38)50(42)33-16-17-34-55(52,53)54/h12-15,22-25,27-30H,8-11,16-21,26,31-34H2,1-7H3,(H,52,53,54)/p+1/b35-27+,41-29+. The lowest BCUT2D eigenvalue weighted by atomic mass is 9.81. The van der Waals surface area contributed by atoms with Crippen molar-refractivity contribution in [1.82, 2.24) is 10.2 Å². The Hall–Kier alpha value is -3.95. The molecule has 3 aliphatic rings. The molecule has 1 amide bonds. The van der Waals surface area contributed by atoms with Crippen LogP contribution in [0.2, 0.25) is 0 Å². The number of nitrogens with zero attached hydrogens (tertiary/aromatic N) is 3. The summed E-state index contributed by atoms with van der Waals surface area (Å²) >= 11 is 0. The van der Waals surface area contributed by atoms with E-state index in [1.54, 1.807) is 0 Å². The molecular weight excluding hydrogens is 705 g/mol. The second-order valence-electron chi connectivity index (χ2n) is 16.2. The summed E-state index contributed by atoms with van der Waals surface area (Å²) < 4.78 is 34.6. The molecule has 0 spiro atoms. The van der Waals surface area contributed by atoms with Crippen molar-refractivity contribution in [3.8, 4) is 0 Å². The van der Waals surface area contributed by atoms with Crippen LogP contribution in [0.3, 0.4) is 0 Å². The SMILES string of the molecule is CCCCN1/C(=C/C=C2\CCCC(/C=C/C3=[N+](CCCCS(=O)(=O)O)c4ccccc4C3(C)C)=C2NCCCC(=O)N(CC)CC)C(C)(C)c2ccccc21. The summed E-state index contributed by atoms with van der Waals surface area (Å²) in [6.07, 6.45) is 16.8. The number of rotatable bonds is 18. The van der Waals surface area contributed by atoms with E-state index in [0.717, 1.165) is 69.5 Å². The smallest absolute Gasteiger partial charge is 0.264 e. The molecule has 298 valence electrons. The van der Waals surface area contributed by atoms with Crippen molar-refractivity contribution in [2.75, 3.05) is 43.4 Å². The van der Waals surface area contributed by atoms with Gasteiger partial charge in [0.1, 0.15) is 6.54 Å². The van der Waals surface area contributed by atoms with E-state index >= 15 is 0 Å². The molecule has 0 atom stereocenters. The van der Waals surface area contributed by atoms with Crippen LogP contribution in [0.1, 0.15) is 117 Å². The summed E-state index contributed by atoms with van der Waals surface area (Å²) in [7, 11) is -4.00. The lowest BCUT2D eigenvalue weighted by molar-refractivity contribution is -0.438. The number of para-hydroxylation sites is 2. The van der Waals surface area contributed by atoms with Crippen molar-refractivity contribution < 1.29 is 22.3 Å². The van der Waals surface area contributed by atoms with Crippen molar-refractivity contribution >= 4 is 33.1 Å². The summed E-state index contributed by atoms with van der Waals surface area (Å²) in [6, 6.07) is 17.3. The Morgan fingerprint density at radius 1 is 0.891 bits per heavy atom. The van der Waals surface area contributed by atoms with Gasteiger partial charge in [-0.1, -0.05) is 75.7 Å². The summed E-state index contributed by atoms with van der Waals surface area (Å²) in [4.78, 5) is 17.3. The molecule has 0 radical (unpaired) electrons. The largest absolute Gasteiger partial charge is 0.385 e. The Balaban J connectivity index is 1.53. The number of benzene rings is 2. The number of unbranched alkanes of at least 4 members (excludes halogenated alkanes) is 2. The molecule has 0 saturated heterocycles. The molecule has 1 aliphatic carbocycles. The van der Waals surface area contributed by atoms with E-state index in [0.29, 0.717) is 32.4 Å². The van der Waals surface area contributed by atoms with E-state index in [1.807, 2.05) is 18.7 Å². The maximum absolute atomic E-state index is 12.9. The molecule has 8 nitrogen and oxygen atoms in total. The van der Waals surface area contributed by atoms with Crippen LogP contribution in [-0.2, 0) is 25.7 Å². The highest BCUT2D eigenvalue weighted by Crippen LogP contribution is 2.48. The predicted octanol–water partition coefficient (Wildman–Crippen LogP) is 9.37. The molecule has 9 heteroatoms. The molecule has 0 saturated carbocycles. The minimum Gasteiger partial charge on any atom is -0.385 e. The molecule has 55 heavy (non-hydrogen) atoms. The van der Waals surface area contributed by atoms with Gasteiger partial charge in [0.25, 0.3) is 10.1 Å². The summed E-state index contributed by atoms with van der Waals surface area (Å²) in [5.74, 6) is -0.0268. The third kappa shape index (κ3) is 9.72. The Morgan fingerprint density at radius 3 is 2.31 bits per heavy atom. The normalized spacial score (nSPS) is 19.2. The van der Waals surface area contributed by atoms with Crippen molar-refractivity contribution in [3.05, 3.63) is 107 Å². The molecule has 2 aromatic carbocycles. The van der Waals surface area contributed by atoms with Gasteiger partial charge in [0.05, 0.1) is 11.2 Å². The number of hydrogen-bond donors (Lipinski definition) is 2. The van der Waals surface area contributed by atoms with Gasteiger partial charge in [-0.25, -0.2) is 0 Å². The first kappa shape index (κ1) is 42.2. The number of carbonyl (C=O) groups is 1. The van der Waals surface area contributed by atoms with Crippen LogP contribution in [0.4, 0.5) is 11.4 Å². The van der Waals surface area contributed by atoms with Crippen molar-refractivity contribution in [3.63, 3.8) is 0 Å². The second kappa shape index (κ2) is 18.3. The third-order valence-electron chi connectivity index (χ3n) is 11.8. The first-order chi connectivity index (χ1) is 26.2. The monoisotopic (exact) mass is 769 g/mol. The number of nitrogens with one attached hydrogen (secondary N) is 1. The van der Waals surface area contributed by atoms with Gasteiger partial charge < -0.3 is 15.1 Å². The maximum Gasteiger partial charge on any atom is 0.264 e. The maximum atomic E-state index is 12.9. The van der Waals surface area contributed by atoms with Crippen LogP contribution in [0.5, 0.6) is 0 Å². The number of amides is 1. The van der Waals surface area contributed by atoms with Crippen molar-refractivity contribution in [2.24, 2.45) is 0 Å². The highest BCUT2D eigenvalue weighted by Gasteiger charge is 2.44. The number of anilines is 1. The lowest BCUT2D eigenvalue weighted by Crippen LogP contribution is -2.31. The van der Waals surface area contributed by atoms with Gasteiger partial charge >= 0.3 is 0 Å². The van der Waals surface area contributed by atoms with Gasteiger partial charge in [-0.05, 0) is 95.1 Å². The van der Waals surface area contributed by atoms with Gasteiger partial charge in [0.15, 0.2) is 5.71 Å². The minimum absolute atomic E-state index is 0.120. The Kier molecular flexibility index (Phi) is 14.1. The van der Waals surface area contributed by atoms with Crippen molar-refractivity contribution in [1.29, 1.82) is 0 Å². The van der Waals surface area contributed by atoms with E-state index in [9.17, 15) is 17.8 Å². The second-order valence-corrected chi connectivity index (χ2v) is 17.8. The molecule has 5 rings (SSSR count). The summed E-state index contributed by atoms with van der Waals surface area (Å²) in [5.41, 5.74) is 10.9. The van der Waals surface area contributed by atoms with E-state index in [2.05, 4.69) is 122 Å². The first-order valence-corrected chi connectivity index (χ1v) is 22.3. The zero-order valence-electron chi connectivity index (χ0n) is 34.5. The number of carbonyl (C=O) groups excluding carboxylic acids is 1. The fraction of sp³-hybridized carbons (Fsp3) is 0.522. The Morgan fingerprint density at radius 2 is 1.60 bits per heavy atom. The number of hydrogen-bond acceptors (Lipinski definition) is 5. The average Bonchev–Trinajstić information content (AvgIpc) is 3.50. The van der Waals surface area contributed by atoms with Gasteiger partial charge in [0.2, 0.25) is 11.6 Å². The summed E-state index contributed by atoms with van der Waals surface area (Å²) in [6.45, 7) is 19.3. The Labute approximate surface area is 331 Å². The van der Waals surface area contributed by atoms with Crippen LogP contribution in [0.15, 0.2) is 95.4 Å². The highest BCUT2D eigenvalue weighted by atomic mass is 32.2. The van der Waals surface area contributed by atoms with Gasteiger partial charge in [0, 0.05) is 79.2 Å². The minimum atomic E-state index is -4.00. The van der Waals surface area contributed by atoms with Crippen LogP contribution in [0, 0.1) is 0 Å². The molecule has 0 fully saturated rings. The zero-order chi connectivity index (χ0) is 39.8. The highest BCUT2D eigenvalue weighted by molar-refractivity contribution is 7.85. The molecule has 2 N–H and O–H groups in total. The Bertz CT molecular complexity index is 1960. The van der Waals surface area contributed by atoms with Crippen LogP contribution in [-0.4, -0.2) is 72.5 Å². The third-order valence-corrected chi connectivity index (χ3v) is 12.6. The van der Waals surface area contributed by atoms with E-state index in [-0.39, 0.29) is 22.5 Å².